The normalized spacial score (nSPS) is 14.9. The number of aryl methyl sites for hydroxylation is 1. The Morgan fingerprint density at radius 2 is 2.31 bits per heavy atom. The number of carbonyl (C=O) groups is 1. The van der Waals surface area contributed by atoms with Gasteiger partial charge in [0.1, 0.15) is 0 Å². The summed E-state index contributed by atoms with van der Waals surface area (Å²) < 4.78 is 0. The molecule has 0 aromatic carbocycles. The number of nitrogens with zero attached hydrogens (tertiary/aromatic N) is 1. The van der Waals surface area contributed by atoms with Crippen LogP contribution in [0.2, 0.25) is 0 Å². The third-order valence-corrected chi connectivity index (χ3v) is 3.75. The predicted octanol–water partition coefficient (Wildman–Crippen LogP) is 2.69. The molecule has 16 heavy (non-hydrogen) atoms. The first-order valence-electron chi connectivity index (χ1n) is 5.43. The number of pyridine rings is 1. The number of hydrogen-bond donors (Lipinski definition) is 1. The largest absolute Gasteiger partial charge is 0.478 e. The van der Waals surface area contributed by atoms with E-state index >= 15 is 0 Å². The van der Waals surface area contributed by atoms with Crippen LogP contribution >= 0.6 is 11.8 Å². The van der Waals surface area contributed by atoms with Gasteiger partial charge in [0.2, 0.25) is 0 Å². The minimum Gasteiger partial charge on any atom is -0.478 e. The molecule has 4 heteroatoms. The first-order valence-corrected chi connectivity index (χ1v) is 6.58. The second-order valence-corrected chi connectivity index (χ2v) is 5.39. The number of thioether (sulfide) groups is 1. The van der Waals surface area contributed by atoms with Crippen molar-refractivity contribution in [1.29, 1.82) is 0 Å². The Labute approximate surface area is 99.3 Å². The molecule has 0 radical (unpaired) electrons. The zero-order valence-corrected chi connectivity index (χ0v) is 10.3. The molecule has 2 rings (SSSR count). The Morgan fingerprint density at radius 1 is 1.56 bits per heavy atom. The van der Waals surface area contributed by atoms with E-state index in [1.54, 1.807) is 0 Å². The van der Waals surface area contributed by atoms with Crippen LogP contribution in [-0.2, 0) is 12.2 Å². The van der Waals surface area contributed by atoms with Crippen molar-refractivity contribution in [2.45, 2.75) is 31.9 Å². The lowest BCUT2D eigenvalue weighted by Crippen LogP contribution is -2.13. The minimum absolute atomic E-state index is 0.158. The second-order valence-electron chi connectivity index (χ2n) is 4.29. The highest BCUT2D eigenvalue weighted by molar-refractivity contribution is 7.98. The Morgan fingerprint density at radius 3 is 2.94 bits per heavy atom. The highest BCUT2D eigenvalue weighted by atomic mass is 32.2. The van der Waals surface area contributed by atoms with Gasteiger partial charge in [-0.05, 0) is 29.7 Å². The molecule has 1 aliphatic heterocycles. The molecule has 1 aliphatic rings. The highest BCUT2D eigenvalue weighted by Crippen LogP contribution is 2.27. The summed E-state index contributed by atoms with van der Waals surface area (Å²) in [5, 5.41) is 9.17. The molecule has 86 valence electrons. The van der Waals surface area contributed by atoms with Gasteiger partial charge in [-0.2, -0.15) is 11.8 Å². The SMILES string of the molecule is CC(C)c1nc2c(cc1C(=O)O)CSCC2. The Balaban J connectivity index is 2.54. The van der Waals surface area contributed by atoms with E-state index in [1.807, 2.05) is 31.7 Å². The lowest BCUT2D eigenvalue weighted by molar-refractivity contribution is 0.0694. The average Bonchev–Trinajstić information content (AvgIpc) is 2.27. The molecule has 0 saturated carbocycles. The van der Waals surface area contributed by atoms with Gasteiger partial charge in [0, 0.05) is 11.4 Å². The van der Waals surface area contributed by atoms with Crippen molar-refractivity contribution in [3.8, 4) is 0 Å². The fraction of sp³-hybridized carbons (Fsp3) is 0.500. The van der Waals surface area contributed by atoms with E-state index in [1.165, 1.54) is 0 Å². The molecule has 0 amide bonds. The lowest BCUT2D eigenvalue weighted by Gasteiger charge is -2.18. The van der Waals surface area contributed by atoms with Gasteiger partial charge in [-0.25, -0.2) is 4.79 Å². The van der Waals surface area contributed by atoms with Crippen LogP contribution in [0.5, 0.6) is 0 Å². The summed E-state index contributed by atoms with van der Waals surface area (Å²) in [5.41, 5.74) is 3.28. The number of hydrogen-bond acceptors (Lipinski definition) is 3. The third-order valence-electron chi connectivity index (χ3n) is 2.74. The maximum absolute atomic E-state index is 11.2. The summed E-state index contributed by atoms with van der Waals surface area (Å²) in [5.74, 6) is 1.27. The van der Waals surface area contributed by atoms with Crippen LogP contribution in [-0.4, -0.2) is 21.8 Å². The molecule has 0 bridgehead atoms. The zero-order chi connectivity index (χ0) is 11.7. The van der Waals surface area contributed by atoms with Gasteiger partial charge >= 0.3 is 5.97 Å². The van der Waals surface area contributed by atoms with Gasteiger partial charge in [0.25, 0.3) is 0 Å². The molecule has 3 nitrogen and oxygen atoms in total. The molecule has 0 spiro atoms. The summed E-state index contributed by atoms with van der Waals surface area (Å²) in [4.78, 5) is 15.7. The van der Waals surface area contributed by atoms with Crippen LogP contribution in [0, 0.1) is 0 Å². The van der Waals surface area contributed by atoms with Crippen molar-refractivity contribution < 1.29 is 9.90 Å². The summed E-state index contributed by atoms with van der Waals surface area (Å²) in [6.45, 7) is 3.97. The van der Waals surface area contributed by atoms with Crippen LogP contribution in [0.1, 0.15) is 47.1 Å². The van der Waals surface area contributed by atoms with E-state index in [2.05, 4.69) is 4.98 Å². The molecule has 0 atom stereocenters. The topological polar surface area (TPSA) is 50.2 Å². The summed E-state index contributed by atoms with van der Waals surface area (Å²) >= 11 is 1.84. The van der Waals surface area contributed by atoms with Crippen molar-refractivity contribution in [1.82, 2.24) is 4.98 Å². The predicted molar refractivity (Wildman–Crippen MR) is 65.2 cm³/mol. The third kappa shape index (κ3) is 2.07. The van der Waals surface area contributed by atoms with Gasteiger partial charge in [-0.1, -0.05) is 13.8 Å². The van der Waals surface area contributed by atoms with Gasteiger partial charge in [-0.15, -0.1) is 0 Å². The molecule has 0 unspecified atom stereocenters. The first kappa shape index (κ1) is 11.5. The molecule has 1 aromatic heterocycles. The lowest BCUT2D eigenvalue weighted by atomic mass is 10.00. The van der Waals surface area contributed by atoms with Crippen molar-refractivity contribution in [3.63, 3.8) is 0 Å². The van der Waals surface area contributed by atoms with Crippen molar-refractivity contribution in [3.05, 3.63) is 28.6 Å². The van der Waals surface area contributed by atoms with Crippen molar-refractivity contribution in [2.24, 2.45) is 0 Å². The first-order chi connectivity index (χ1) is 7.59. The Bertz CT molecular complexity index is 429. The molecular weight excluding hydrogens is 222 g/mol. The molecule has 1 aromatic rings. The Hall–Kier alpha value is -1.03. The highest BCUT2D eigenvalue weighted by Gasteiger charge is 2.20. The number of carboxylic acids is 1. The van der Waals surface area contributed by atoms with Gasteiger partial charge < -0.3 is 5.11 Å². The Kier molecular flexibility index (Phi) is 3.19. The number of rotatable bonds is 2. The molecule has 1 N–H and O–H groups in total. The fourth-order valence-electron chi connectivity index (χ4n) is 1.91. The number of carboxylic acid groups (broad SMARTS) is 1. The van der Waals surface area contributed by atoms with Crippen molar-refractivity contribution >= 4 is 17.7 Å². The van der Waals surface area contributed by atoms with Crippen LogP contribution < -0.4 is 0 Å². The maximum atomic E-state index is 11.2. The minimum atomic E-state index is -0.866. The standard InChI is InChI=1S/C12H15NO2S/c1-7(2)11-9(12(14)15)5-8-6-16-4-3-10(8)13-11/h5,7H,3-4,6H2,1-2H3,(H,14,15). The van der Waals surface area contributed by atoms with E-state index in [9.17, 15) is 4.79 Å². The monoisotopic (exact) mass is 237 g/mol. The van der Waals surface area contributed by atoms with E-state index in [4.69, 9.17) is 5.11 Å². The molecule has 0 saturated heterocycles. The summed E-state index contributed by atoms with van der Waals surface area (Å²) in [6, 6.07) is 1.81. The number of aromatic carboxylic acids is 1. The van der Waals surface area contributed by atoms with E-state index in [0.29, 0.717) is 5.56 Å². The van der Waals surface area contributed by atoms with E-state index in [0.717, 1.165) is 34.9 Å². The average molecular weight is 237 g/mol. The summed E-state index contributed by atoms with van der Waals surface area (Å²) in [7, 11) is 0. The molecule has 2 heterocycles. The van der Waals surface area contributed by atoms with Crippen LogP contribution in [0.3, 0.4) is 0 Å². The van der Waals surface area contributed by atoms with Gasteiger partial charge in [-0.3, -0.25) is 4.98 Å². The number of aromatic nitrogens is 1. The smallest absolute Gasteiger partial charge is 0.337 e. The second kappa shape index (κ2) is 4.45. The molecule has 0 aliphatic carbocycles. The van der Waals surface area contributed by atoms with Gasteiger partial charge in [0.15, 0.2) is 0 Å². The molecular formula is C12H15NO2S. The maximum Gasteiger partial charge on any atom is 0.337 e. The quantitative estimate of drug-likeness (QED) is 0.859. The molecule has 0 fully saturated rings. The van der Waals surface area contributed by atoms with E-state index < -0.39 is 5.97 Å². The zero-order valence-electron chi connectivity index (χ0n) is 9.49. The van der Waals surface area contributed by atoms with Crippen molar-refractivity contribution in [2.75, 3.05) is 5.75 Å². The summed E-state index contributed by atoms with van der Waals surface area (Å²) in [6.07, 6.45) is 0.958. The fourth-order valence-corrected chi connectivity index (χ4v) is 2.86. The number of fused-ring (bicyclic) bond motifs is 1. The van der Waals surface area contributed by atoms with Gasteiger partial charge in [0.05, 0.1) is 11.3 Å². The van der Waals surface area contributed by atoms with Crippen LogP contribution in [0.15, 0.2) is 6.07 Å². The van der Waals surface area contributed by atoms with Crippen LogP contribution in [0.4, 0.5) is 0 Å². The van der Waals surface area contributed by atoms with Crippen LogP contribution in [0.25, 0.3) is 0 Å². The van der Waals surface area contributed by atoms with E-state index in [-0.39, 0.29) is 5.92 Å².